The van der Waals surface area contributed by atoms with Gasteiger partial charge in [-0.15, -0.1) is 0 Å². The van der Waals surface area contributed by atoms with Gasteiger partial charge in [0.15, 0.2) is 0 Å². The molecule has 174 valence electrons. The molecule has 0 amide bonds. The number of nitro groups is 1. The number of carboxylic acid groups (broad SMARTS) is 1. The Hall–Kier alpha value is -4.26. The van der Waals surface area contributed by atoms with E-state index in [2.05, 4.69) is 6.58 Å². The van der Waals surface area contributed by atoms with E-state index in [1.54, 1.807) is 12.1 Å². The van der Waals surface area contributed by atoms with Crippen LogP contribution in [-0.4, -0.2) is 39.8 Å². The third-order valence-electron chi connectivity index (χ3n) is 5.45. The molecule has 0 fully saturated rings. The maximum absolute atomic E-state index is 11.4. The molecule has 1 N–H and O–H groups in total. The average molecular weight is 458 g/mol. The van der Waals surface area contributed by atoms with Crippen molar-refractivity contribution in [3.05, 3.63) is 118 Å². The highest BCUT2D eigenvalue weighted by atomic mass is 16.6. The number of aliphatic imine (C=N–C) groups is 1. The van der Waals surface area contributed by atoms with E-state index in [0.29, 0.717) is 23.6 Å². The number of amidine groups is 1. The smallest absolute Gasteiger partial charge is 0.305 e. The van der Waals surface area contributed by atoms with Crippen LogP contribution in [0.25, 0.3) is 5.70 Å². The highest BCUT2D eigenvalue weighted by Crippen LogP contribution is 2.22. The SMILES string of the molecule is C=C(N=C(c1ccccc1C)N(CCC(=O)O)CCc1ccccc1)c1ccc([N+](=O)[O-])cc1. The van der Waals surface area contributed by atoms with E-state index < -0.39 is 10.9 Å². The first-order valence-corrected chi connectivity index (χ1v) is 10.9. The van der Waals surface area contributed by atoms with Crippen LogP contribution in [0.3, 0.4) is 0 Å². The summed E-state index contributed by atoms with van der Waals surface area (Å²) in [6, 6.07) is 23.8. The second-order valence-electron chi connectivity index (χ2n) is 7.87. The van der Waals surface area contributed by atoms with Gasteiger partial charge in [0.25, 0.3) is 5.69 Å². The first-order chi connectivity index (χ1) is 16.3. The van der Waals surface area contributed by atoms with E-state index in [0.717, 1.165) is 23.1 Å². The van der Waals surface area contributed by atoms with E-state index in [1.165, 1.54) is 12.1 Å². The molecule has 3 aromatic carbocycles. The van der Waals surface area contributed by atoms with Crippen molar-refractivity contribution in [1.29, 1.82) is 0 Å². The number of hydrogen-bond donors (Lipinski definition) is 1. The minimum atomic E-state index is -0.886. The molecule has 3 aromatic rings. The van der Waals surface area contributed by atoms with Crippen LogP contribution in [0.5, 0.6) is 0 Å². The Balaban J connectivity index is 1.99. The van der Waals surface area contributed by atoms with Gasteiger partial charge in [-0.3, -0.25) is 14.9 Å². The van der Waals surface area contributed by atoms with Gasteiger partial charge in [0.05, 0.1) is 17.0 Å². The van der Waals surface area contributed by atoms with Gasteiger partial charge in [0.2, 0.25) is 0 Å². The molecule has 0 unspecified atom stereocenters. The summed E-state index contributed by atoms with van der Waals surface area (Å²) in [7, 11) is 0. The predicted molar refractivity (Wildman–Crippen MR) is 134 cm³/mol. The predicted octanol–water partition coefficient (Wildman–Crippen LogP) is 5.34. The minimum absolute atomic E-state index is 0.00870. The highest BCUT2D eigenvalue weighted by molar-refractivity contribution is 6.03. The lowest BCUT2D eigenvalue weighted by molar-refractivity contribution is -0.384. The van der Waals surface area contributed by atoms with E-state index in [-0.39, 0.29) is 18.7 Å². The maximum Gasteiger partial charge on any atom is 0.305 e. The molecule has 0 atom stereocenters. The standard InChI is InChI=1S/C27H27N3O4/c1-20-8-6-7-11-25(20)27(28-21(2)23-12-14-24(15-13-23)30(33)34)29(19-17-26(31)32)18-16-22-9-4-3-5-10-22/h3-15H,2,16-19H2,1H3,(H,31,32). The average Bonchev–Trinajstić information content (AvgIpc) is 2.84. The van der Waals surface area contributed by atoms with Gasteiger partial charge in [0.1, 0.15) is 5.84 Å². The normalized spacial score (nSPS) is 11.1. The van der Waals surface area contributed by atoms with Crippen molar-refractivity contribution in [3.63, 3.8) is 0 Å². The summed E-state index contributed by atoms with van der Waals surface area (Å²) < 4.78 is 0. The third kappa shape index (κ3) is 6.62. The van der Waals surface area contributed by atoms with Gasteiger partial charge in [-0.25, -0.2) is 4.99 Å². The van der Waals surface area contributed by atoms with Gasteiger partial charge >= 0.3 is 5.97 Å². The molecule has 0 aromatic heterocycles. The van der Waals surface area contributed by atoms with Crippen molar-refractivity contribution in [1.82, 2.24) is 4.90 Å². The number of nitro benzene ring substituents is 1. The summed E-state index contributed by atoms with van der Waals surface area (Å²) in [6.45, 7) is 6.92. The van der Waals surface area contributed by atoms with Crippen molar-refractivity contribution in [2.24, 2.45) is 4.99 Å². The topological polar surface area (TPSA) is 96.0 Å². The van der Waals surface area contributed by atoms with Crippen LogP contribution in [0.4, 0.5) is 5.69 Å². The summed E-state index contributed by atoms with van der Waals surface area (Å²) in [5.41, 5.74) is 4.10. The summed E-state index contributed by atoms with van der Waals surface area (Å²) >= 11 is 0. The first kappa shape index (κ1) is 24.4. The van der Waals surface area contributed by atoms with Crippen molar-refractivity contribution in [3.8, 4) is 0 Å². The summed E-state index contributed by atoms with van der Waals surface area (Å²) in [5, 5.41) is 20.3. The van der Waals surface area contributed by atoms with Gasteiger partial charge in [0, 0.05) is 36.3 Å². The molecule has 0 aliphatic rings. The monoisotopic (exact) mass is 457 g/mol. The molecule has 34 heavy (non-hydrogen) atoms. The van der Waals surface area contributed by atoms with E-state index in [4.69, 9.17) is 4.99 Å². The lowest BCUT2D eigenvalue weighted by Gasteiger charge is -2.27. The molecule has 0 heterocycles. The van der Waals surface area contributed by atoms with Crippen molar-refractivity contribution < 1.29 is 14.8 Å². The van der Waals surface area contributed by atoms with Crippen LogP contribution < -0.4 is 0 Å². The summed E-state index contributed by atoms with van der Waals surface area (Å²) in [4.78, 5) is 28.7. The number of non-ortho nitro benzene ring substituents is 1. The fourth-order valence-electron chi connectivity index (χ4n) is 3.56. The van der Waals surface area contributed by atoms with Crippen molar-refractivity contribution >= 4 is 23.2 Å². The zero-order chi connectivity index (χ0) is 24.5. The van der Waals surface area contributed by atoms with Crippen LogP contribution in [0.15, 0.2) is 90.4 Å². The lowest BCUT2D eigenvalue weighted by Crippen LogP contribution is -2.36. The van der Waals surface area contributed by atoms with Crippen LogP contribution >= 0.6 is 0 Å². The van der Waals surface area contributed by atoms with Crippen molar-refractivity contribution in [2.75, 3.05) is 13.1 Å². The summed E-state index contributed by atoms with van der Waals surface area (Å²) in [5.74, 6) is -0.262. The Kier molecular flexibility index (Phi) is 8.29. The molecule has 7 nitrogen and oxygen atoms in total. The Morgan fingerprint density at radius 3 is 2.26 bits per heavy atom. The summed E-state index contributed by atoms with van der Waals surface area (Å²) in [6.07, 6.45) is 0.680. The second kappa shape index (κ2) is 11.6. The molecule has 0 aliphatic carbocycles. The largest absolute Gasteiger partial charge is 0.481 e. The van der Waals surface area contributed by atoms with Crippen molar-refractivity contribution in [2.45, 2.75) is 19.8 Å². The number of rotatable bonds is 10. The number of aliphatic carboxylic acids is 1. The first-order valence-electron chi connectivity index (χ1n) is 10.9. The second-order valence-corrected chi connectivity index (χ2v) is 7.87. The molecule has 0 spiro atoms. The number of carboxylic acids is 1. The van der Waals surface area contributed by atoms with Crippen LogP contribution in [-0.2, 0) is 11.2 Å². The molecular formula is C27H27N3O4. The number of carbonyl (C=O) groups is 1. The molecule has 0 radical (unpaired) electrons. The fourth-order valence-corrected chi connectivity index (χ4v) is 3.56. The van der Waals surface area contributed by atoms with Gasteiger partial charge in [-0.05, 0) is 36.6 Å². The van der Waals surface area contributed by atoms with Crippen LogP contribution in [0.2, 0.25) is 0 Å². The molecule has 7 heteroatoms. The number of aryl methyl sites for hydroxylation is 1. The molecule has 0 saturated carbocycles. The minimum Gasteiger partial charge on any atom is -0.481 e. The number of benzene rings is 3. The molecular weight excluding hydrogens is 430 g/mol. The van der Waals surface area contributed by atoms with E-state index in [1.807, 2.05) is 66.4 Å². The molecule has 0 bridgehead atoms. The lowest BCUT2D eigenvalue weighted by atomic mass is 10.1. The van der Waals surface area contributed by atoms with E-state index in [9.17, 15) is 20.0 Å². The van der Waals surface area contributed by atoms with Gasteiger partial charge < -0.3 is 10.0 Å². The zero-order valence-corrected chi connectivity index (χ0v) is 19.1. The Bertz CT molecular complexity index is 1190. The van der Waals surface area contributed by atoms with E-state index >= 15 is 0 Å². The van der Waals surface area contributed by atoms with Crippen LogP contribution in [0.1, 0.15) is 28.7 Å². The Morgan fingerprint density at radius 2 is 1.65 bits per heavy atom. The molecule has 3 rings (SSSR count). The zero-order valence-electron chi connectivity index (χ0n) is 19.1. The Labute approximate surface area is 198 Å². The van der Waals surface area contributed by atoms with Gasteiger partial charge in [-0.1, -0.05) is 61.2 Å². The maximum atomic E-state index is 11.4. The van der Waals surface area contributed by atoms with Crippen LogP contribution in [0, 0.1) is 17.0 Å². The fraction of sp³-hybridized carbons (Fsp3) is 0.185. The molecule has 0 aliphatic heterocycles. The number of hydrogen-bond acceptors (Lipinski definition) is 4. The third-order valence-corrected chi connectivity index (χ3v) is 5.45. The number of nitrogens with zero attached hydrogens (tertiary/aromatic N) is 3. The van der Waals surface area contributed by atoms with Gasteiger partial charge in [-0.2, -0.15) is 0 Å². The highest BCUT2D eigenvalue weighted by Gasteiger charge is 2.18. The quantitative estimate of drug-likeness (QED) is 0.192. The molecule has 0 saturated heterocycles. The Morgan fingerprint density at radius 1 is 1.00 bits per heavy atom.